The number of hydrogen-bond donors (Lipinski definition) is 1. The Bertz CT molecular complexity index is 569. The standard InChI is InChI=1S/C17H27N3O4/c1-11-8-19(9-12(2)24-11)16-5-15(6-17(7-16)20(21)22)10-23-14(4)13(3)18/h5-7,11-14H,8-10,18H2,1-4H3/t11-,12+,13-,14-/m1/s1. The van der Waals surface area contributed by atoms with Crippen molar-refractivity contribution < 1.29 is 14.4 Å². The molecule has 134 valence electrons. The highest BCUT2D eigenvalue weighted by Gasteiger charge is 2.24. The number of ether oxygens (including phenoxy) is 2. The van der Waals surface area contributed by atoms with Crippen LogP contribution in [0.3, 0.4) is 0 Å². The Balaban J connectivity index is 2.22. The summed E-state index contributed by atoms with van der Waals surface area (Å²) < 4.78 is 11.5. The van der Waals surface area contributed by atoms with Crippen LogP contribution >= 0.6 is 0 Å². The lowest BCUT2D eigenvalue weighted by atomic mass is 10.1. The van der Waals surface area contributed by atoms with Gasteiger partial charge < -0.3 is 20.1 Å². The first-order valence-electron chi connectivity index (χ1n) is 8.32. The van der Waals surface area contributed by atoms with Crippen molar-refractivity contribution in [1.29, 1.82) is 0 Å². The number of hydrogen-bond acceptors (Lipinski definition) is 6. The number of morpholine rings is 1. The summed E-state index contributed by atoms with van der Waals surface area (Å²) in [5, 5.41) is 11.3. The van der Waals surface area contributed by atoms with Crippen LogP contribution in [0.4, 0.5) is 11.4 Å². The number of non-ortho nitro benzene ring substituents is 1. The maximum Gasteiger partial charge on any atom is 0.271 e. The van der Waals surface area contributed by atoms with Crippen molar-refractivity contribution in [1.82, 2.24) is 0 Å². The molecule has 1 heterocycles. The summed E-state index contributed by atoms with van der Waals surface area (Å²) in [5.41, 5.74) is 7.48. The third-order valence-electron chi connectivity index (χ3n) is 4.21. The molecule has 1 aliphatic heterocycles. The van der Waals surface area contributed by atoms with Crippen LogP contribution in [0.1, 0.15) is 33.3 Å². The van der Waals surface area contributed by atoms with E-state index in [1.165, 1.54) is 0 Å². The van der Waals surface area contributed by atoms with Gasteiger partial charge in [0.05, 0.1) is 29.8 Å². The number of rotatable bonds is 6. The van der Waals surface area contributed by atoms with E-state index < -0.39 is 0 Å². The minimum atomic E-state index is -0.366. The maximum atomic E-state index is 11.3. The Morgan fingerprint density at radius 2 is 1.96 bits per heavy atom. The van der Waals surface area contributed by atoms with E-state index in [-0.39, 0.29) is 35.0 Å². The molecule has 0 aliphatic carbocycles. The van der Waals surface area contributed by atoms with Gasteiger partial charge in [-0.05, 0) is 39.3 Å². The molecule has 1 aromatic carbocycles. The van der Waals surface area contributed by atoms with Gasteiger partial charge in [-0.15, -0.1) is 0 Å². The summed E-state index contributed by atoms with van der Waals surface area (Å²) >= 11 is 0. The molecule has 0 unspecified atom stereocenters. The van der Waals surface area contributed by atoms with Crippen LogP contribution in [0.25, 0.3) is 0 Å². The van der Waals surface area contributed by atoms with Gasteiger partial charge in [-0.25, -0.2) is 0 Å². The van der Waals surface area contributed by atoms with Crippen LogP contribution < -0.4 is 10.6 Å². The summed E-state index contributed by atoms with van der Waals surface area (Å²) in [6.45, 7) is 9.51. The van der Waals surface area contributed by atoms with E-state index in [0.717, 1.165) is 11.3 Å². The van der Waals surface area contributed by atoms with E-state index in [9.17, 15) is 10.1 Å². The fourth-order valence-corrected chi connectivity index (χ4v) is 2.80. The number of nitrogens with two attached hydrogens (primary N) is 1. The summed E-state index contributed by atoms with van der Waals surface area (Å²) in [6, 6.07) is 5.03. The predicted molar refractivity (Wildman–Crippen MR) is 93.2 cm³/mol. The van der Waals surface area contributed by atoms with Gasteiger partial charge in [-0.2, -0.15) is 0 Å². The number of anilines is 1. The maximum absolute atomic E-state index is 11.3. The Morgan fingerprint density at radius 3 is 2.50 bits per heavy atom. The molecule has 24 heavy (non-hydrogen) atoms. The van der Waals surface area contributed by atoms with Crippen molar-refractivity contribution in [3.05, 3.63) is 33.9 Å². The molecule has 4 atom stereocenters. The van der Waals surface area contributed by atoms with Gasteiger partial charge in [0.15, 0.2) is 0 Å². The minimum Gasteiger partial charge on any atom is -0.372 e. The predicted octanol–water partition coefficient (Wildman–Crippen LogP) is 2.46. The SMILES string of the molecule is C[C@@H]1CN(c2cc(CO[C@H](C)[C@@H](C)N)cc([N+](=O)[O-])c2)C[C@H](C)O1. The monoisotopic (exact) mass is 337 g/mol. The summed E-state index contributed by atoms with van der Waals surface area (Å²) in [5.74, 6) is 0. The molecule has 7 heteroatoms. The van der Waals surface area contributed by atoms with E-state index in [1.54, 1.807) is 12.1 Å². The second-order valence-corrected chi connectivity index (χ2v) is 6.65. The Kier molecular flexibility index (Phi) is 6.15. The lowest BCUT2D eigenvalue weighted by molar-refractivity contribution is -0.384. The minimum absolute atomic E-state index is 0.0753. The molecular weight excluding hydrogens is 310 g/mol. The third kappa shape index (κ3) is 4.90. The number of nitro benzene ring substituents is 1. The van der Waals surface area contributed by atoms with E-state index >= 15 is 0 Å². The molecule has 0 amide bonds. The van der Waals surface area contributed by atoms with Crippen LogP contribution in [0.15, 0.2) is 18.2 Å². The molecule has 0 radical (unpaired) electrons. The van der Waals surface area contributed by atoms with E-state index in [4.69, 9.17) is 15.2 Å². The van der Waals surface area contributed by atoms with Gasteiger partial charge in [0.2, 0.25) is 0 Å². The molecule has 2 rings (SSSR count). The van der Waals surface area contributed by atoms with Crippen molar-refractivity contribution in [2.75, 3.05) is 18.0 Å². The van der Waals surface area contributed by atoms with Gasteiger partial charge in [0, 0.05) is 37.0 Å². The molecule has 0 saturated carbocycles. The smallest absolute Gasteiger partial charge is 0.271 e. The molecule has 1 saturated heterocycles. The highest BCUT2D eigenvalue weighted by Crippen LogP contribution is 2.27. The molecule has 2 N–H and O–H groups in total. The molecule has 7 nitrogen and oxygen atoms in total. The highest BCUT2D eigenvalue weighted by molar-refractivity contribution is 5.56. The van der Waals surface area contributed by atoms with Crippen LogP contribution in [-0.2, 0) is 16.1 Å². The first-order valence-corrected chi connectivity index (χ1v) is 8.32. The van der Waals surface area contributed by atoms with Crippen LogP contribution in [0.5, 0.6) is 0 Å². The van der Waals surface area contributed by atoms with Gasteiger partial charge in [-0.1, -0.05) is 0 Å². The van der Waals surface area contributed by atoms with Crippen molar-refractivity contribution >= 4 is 11.4 Å². The summed E-state index contributed by atoms with van der Waals surface area (Å²) in [6.07, 6.45) is 0.0628. The first-order chi connectivity index (χ1) is 11.3. The van der Waals surface area contributed by atoms with E-state index in [2.05, 4.69) is 4.90 Å². The van der Waals surface area contributed by atoms with Gasteiger partial charge in [-0.3, -0.25) is 10.1 Å². The third-order valence-corrected chi connectivity index (χ3v) is 4.21. The first kappa shape index (κ1) is 18.6. The second-order valence-electron chi connectivity index (χ2n) is 6.65. The summed E-state index contributed by atoms with van der Waals surface area (Å²) in [4.78, 5) is 13.0. The van der Waals surface area contributed by atoms with Gasteiger partial charge in [0.1, 0.15) is 0 Å². The Morgan fingerprint density at radius 1 is 1.33 bits per heavy atom. The fourth-order valence-electron chi connectivity index (χ4n) is 2.80. The zero-order valence-corrected chi connectivity index (χ0v) is 14.8. The molecule has 1 aliphatic rings. The molecular formula is C17H27N3O4. The largest absolute Gasteiger partial charge is 0.372 e. The Labute approximate surface area is 142 Å². The normalized spacial score (nSPS) is 23.8. The number of nitro groups is 1. The van der Waals surface area contributed by atoms with Crippen molar-refractivity contribution in [3.8, 4) is 0 Å². The van der Waals surface area contributed by atoms with Gasteiger partial charge >= 0.3 is 0 Å². The Hall–Kier alpha value is -1.70. The molecule has 1 fully saturated rings. The van der Waals surface area contributed by atoms with E-state index in [0.29, 0.717) is 19.7 Å². The van der Waals surface area contributed by atoms with Crippen molar-refractivity contribution in [3.63, 3.8) is 0 Å². The van der Waals surface area contributed by atoms with Gasteiger partial charge in [0.25, 0.3) is 5.69 Å². The quantitative estimate of drug-likeness (QED) is 0.633. The van der Waals surface area contributed by atoms with Crippen LogP contribution in [0.2, 0.25) is 0 Å². The molecule has 0 bridgehead atoms. The topological polar surface area (TPSA) is 90.9 Å². The molecule has 0 spiro atoms. The van der Waals surface area contributed by atoms with Crippen molar-refractivity contribution in [2.45, 2.75) is 58.7 Å². The van der Waals surface area contributed by atoms with Crippen LogP contribution in [0, 0.1) is 10.1 Å². The average molecular weight is 337 g/mol. The second kappa shape index (κ2) is 7.92. The lowest BCUT2D eigenvalue weighted by Crippen LogP contribution is -2.45. The lowest BCUT2D eigenvalue weighted by Gasteiger charge is -2.37. The van der Waals surface area contributed by atoms with Crippen LogP contribution in [-0.4, -0.2) is 42.4 Å². The fraction of sp³-hybridized carbons (Fsp3) is 0.647. The molecule has 0 aromatic heterocycles. The zero-order chi connectivity index (χ0) is 17.9. The van der Waals surface area contributed by atoms with Crippen molar-refractivity contribution in [2.24, 2.45) is 5.73 Å². The number of benzene rings is 1. The summed E-state index contributed by atoms with van der Waals surface area (Å²) in [7, 11) is 0. The van der Waals surface area contributed by atoms with E-state index in [1.807, 2.05) is 33.8 Å². The zero-order valence-electron chi connectivity index (χ0n) is 14.8. The number of nitrogens with zero attached hydrogens (tertiary/aromatic N) is 2. The molecule has 1 aromatic rings. The highest BCUT2D eigenvalue weighted by atomic mass is 16.6. The average Bonchev–Trinajstić information content (AvgIpc) is 2.51.